The number of aliphatic hydroxyl groups excluding tert-OH is 1. The number of phenols is 1. The van der Waals surface area contributed by atoms with E-state index in [-0.39, 0.29) is 17.9 Å². The lowest BCUT2D eigenvalue weighted by atomic mass is 9.61. The summed E-state index contributed by atoms with van der Waals surface area (Å²) >= 11 is 0. The number of aryl methyl sites for hydroxylation is 1. The molecule has 5 aliphatic rings. The minimum atomic E-state index is -0.488. The van der Waals surface area contributed by atoms with Crippen LogP contribution in [0.3, 0.4) is 0 Å². The number of rotatable bonds is 8. The van der Waals surface area contributed by atoms with Gasteiger partial charge in [-0.15, -0.1) is 0 Å². The van der Waals surface area contributed by atoms with Crippen LogP contribution < -0.4 is 0 Å². The molecule has 240 valence electrons. The van der Waals surface area contributed by atoms with Crippen molar-refractivity contribution >= 4 is 5.57 Å². The maximum Gasteiger partial charge on any atom is 0.124 e. The summed E-state index contributed by atoms with van der Waals surface area (Å²) in [6.07, 6.45) is 22.1. The maximum atomic E-state index is 11.5. The van der Waals surface area contributed by atoms with E-state index in [1.165, 1.54) is 71.9 Å². The molecule has 2 aromatic rings. The van der Waals surface area contributed by atoms with E-state index in [1.54, 1.807) is 0 Å². The summed E-state index contributed by atoms with van der Waals surface area (Å²) < 4.78 is 13.0. The smallest absolute Gasteiger partial charge is 0.124 e. The number of phenolic OH excluding ortho intramolecular Hbond substituents is 1. The van der Waals surface area contributed by atoms with E-state index < -0.39 is 11.5 Å². The fraction of sp³-hybridized carbons (Fsp3) is 0.561. The van der Waals surface area contributed by atoms with Gasteiger partial charge in [0.25, 0.3) is 0 Å². The summed E-state index contributed by atoms with van der Waals surface area (Å²) in [5.74, 6) is 0.405. The molecule has 0 radical (unpaired) electrons. The van der Waals surface area contributed by atoms with Crippen molar-refractivity contribution in [2.75, 3.05) is 6.61 Å². The Labute approximate surface area is 270 Å². The standard InChI is InChI=1S/C41H52O4/c1-27-21-31(23-29(39(27)42)25-44-33-13-5-3-6-14-33)41(37-19-11-9-17-35(37)36-18-10-12-20-38(36)41)32-22-28(2)40(43)30(24-32)26-45-34-15-7-4-8-16-34/h9,11-12,17,19-23,28,30,33-34,40,42-43H,3-8,10,13-16,18,24-26H2,1-2H3. The highest BCUT2D eigenvalue weighted by atomic mass is 16.5. The van der Waals surface area contributed by atoms with Gasteiger partial charge in [0.15, 0.2) is 0 Å². The van der Waals surface area contributed by atoms with Crippen LogP contribution in [0.5, 0.6) is 5.75 Å². The van der Waals surface area contributed by atoms with Gasteiger partial charge in [-0.1, -0.05) is 99.6 Å². The van der Waals surface area contributed by atoms with E-state index in [0.717, 1.165) is 56.1 Å². The van der Waals surface area contributed by atoms with E-state index in [0.29, 0.717) is 25.1 Å². The third-order valence-corrected chi connectivity index (χ3v) is 11.6. The van der Waals surface area contributed by atoms with Crippen LogP contribution in [0.2, 0.25) is 0 Å². The lowest BCUT2D eigenvalue weighted by molar-refractivity contribution is -0.0364. The number of fused-ring (bicyclic) bond motifs is 2. The van der Waals surface area contributed by atoms with Gasteiger partial charge in [0.2, 0.25) is 0 Å². The Morgan fingerprint density at radius 2 is 1.62 bits per heavy atom. The minimum absolute atomic E-state index is 0.0160. The van der Waals surface area contributed by atoms with Crippen LogP contribution in [0.15, 0.2) is 65.8 Å². The molecule has 0 saturated heterocycles. The quantitative estimate of drug-likeness (QED) is 0.293. The highest BCUT2D eigenvalue weighted by molar-refractivity contribution is 5.88. The van der Waals surface area contributed by atoms with Crippen molar-refractivity contribution < 1.29 is 19.7 Å². The number of hydrogen-bond donors (Lipinski definition) is 2. The first-order valence-electron chi connectivity index (χ1n) is 17.9. The summed E-state index contributed by atoms with van der Waals surface area (Å²) in [4.78, 5) is 0. The first-order valence-corrected chi connectivity index (χ1v) is 17.9. The Morgan fingerprint density at radius 3 is 2.38 bits per heavy atom. The summed E-state index contributed by atoms with van der Waals surface area (Å²) in [5, 5.41) is 22.9. The number of allylic oxidation sites excluding steroid dienone is 5. The second-order valence-electron chi connectivity index (χ2n) is 14.6. The molecule has 0 spiro atoms. The molecule has 4 unspecified atom stereocenters. The van der Waals surface area contributed by atoms with Gasteiger partial charge in [-0.2, -0.15) is 0 Å². The fourth-order valence-electron chi connectivity index (χ4n) is 9.22. The average molecular weight is 609 g/mol. The SMILES string of the molecule is Cc1cc(C2(C3=CC(C)C(O)C(COC4CCCCC4)C3)C3=C(CCC=C3)c3ccccc32)cc(COC2CCCCC2)c1O. The molecule has 0 bridgehead atoms. The van der Waals surface area contributed by atoms with Crippen molar-refractivity contribution in [3.8, 4) is 5.75 Å². The third-order valence-electron chi connectivity index (χ3n) is 11.6. The van der Waals surface area contributed by atoms with Crippen molar-refractivity contribution in [1.82, 2.24) is 0 Å². The summed E-state index contributed by atoms with van der Waals surface area (Å²) in [5.41, 5.74) is 9.30. The van der Waals surface area contributed by atoms with E-state index in [1.807, 2.05) is 6.92 Å². The molecule has 4 heteroatoms. The number of benzene rings is 2. The van der Waals surface area contributed by atoms with Crippen LogP contribution in [-0.4, -0.2) is 35.1 Å². The van der Waals surface area contributed by atoms with Crippen molar-refractivity contribution in [1.29, 1.82) is 0 Å². The second-order valence-corrected chi connectivity index (χ2v) is 14.6. The van der Waals surface area contributed by atoms with Gasteiger partial charge in [0, 0.05) is 17.4 Å². The fourth-order valence-corrected chi connectivity index (χ4v) is 9.22. The molecule has 7 rings (SSSR count). The highest BCUT2D eigenvalue weighted by Crippen LogP contribution is 2.59. The molecular weight excluding hydrogens is 556 g/mol. The van der Waals surface area contributed by atoms with Gasteiger partial charge in [0.05, 0.1) is 36.9 Å². The monoisotopic (exact) mass is 608 g/mol. The summed E-state index contributed by atoms with van der Waals surface area (Å²) in [6, 6.07) is 13.4. The zero-order chi connectivity index (χ0) is 31.0. The topological polar surface area (TPSA) is 58.9 Å². The first-order chi connectivity index (χ1) is 22.0. The molecular formula is C41H52O4. The molecule has 5 aliphatic carbocycles. The normalized spacial score (nSPS) is 29.0. The molecule has 45 heavy (non-hydrogen) atoms. The van der Waals surface area contributed by atoms with Gasteiger partial charge in [0.1, 0.15) is 5.75 Å². The van der Waals surface area contributed by atoms with Crippen LogP contribution in [0.25, 0.3) is 5.57 Å². The predicted octanol–water partition coefficient (Wildman–Crippen LogP) is 9.25. The van der Waals surface area contributed by atoms with E-state index >= 15 is 0 Å². The van der Waals surface area contributed by atoms with Crippen LogP contribution >= 0.6 is 0 Å². The molecule has 0 aliphatic heterocycles. The van der Waals surface area contributed by atoms with Gasteiger partial charge in [-0.3, -0.25) is 0 Å². The Balaban J connectivity index is 1.33. The van der Waals surface area contributed by atoms with Crippen molar-refractivity contribution in [2.45, 2.75) is 128 Å². The molecule has 2 fully saturated rings. The molecule has 0 aromatic heterocycles. The lowest BCUT2D eigenvalue weighted by Gasteiger charge is -2.43. The zero-order valence-corrected chi connectivity index (χ0v) is 27.4. The summed E-state index contributed by atoms with van der Waals surface area (Å²) in [7, 11) is 0. The zero-order valence-electron chi connectivity index (χ0n) is 27.4. The maximum absolute atomic E-state index is 11.5. The number of aliphatic hydroxyl groups is 1. The largest absolute Gasteiger partial charge is 0.507 e. The predicted molar refractivity (Wildman–Crippen MR) is 181 cm³/mol. The number of aromatic hydroxyl groups is 1. The molecule has 4 nitrogen and oxygen atoms in total. The van der Waals surface area contributed by atoms with Gasteiger partial charge in [-0.05, 0) is 91.3 Å². The van der Waals surface area contributed by atoms with Crippen LogP contribution in [0, 0.1) is 18.8 Å². The Kier molecular flexibility index (Phi) is 9.10. The van der Waals surface area contributed by atoms with Crippen LogP contribution in [0.1, 0.15) is 118 Å². The van der Waals surface area contributed by atoms with Gasteiger partial charge < -0.3 is 19.7 Å². The van der Waals surface area contributed by atoms with Crippen LogP contribution in [-0.2, 0) is 21.5 Å². The van der Waals surface area contributed by atoms with E-state index in [2.05, 4.69) is 61.5 Å². The van der Waals surface area contributed by atoms with Gasteiger partial charge >= 0.3 is 0 Å². The molecule has 4 atom stereocenters. The Bertz CT molecular complexity index is 1470. The van der Waals surface area contributed by atoms with Gasteiger partial charge in [-0.25, -0.2) is 0 Å². The molecule has 0 amide bonds. The average Bonchev–Trinajstić information content (AvgIpc) is 3.38. The number of hydrogen-bond acceptors (Lipinski definition) is 4. The molecule has 2 aromatic carbocycles. The second kappa shape index (κ2) is 13.2. The number of ether oxygens (including phenoxy) is 2. The summed E-state index contributed by atoms with van der Waals surface area (Å²) in [6.45, 7) is 5.23. The molecule has 0 heterocycles. The molecule has 2 N–H and O–H groups in total. The lowest BCUT2D eigenvalue weighted by Crippen LogP contribution is -2.41. The van der Waals surface area contributed by atoms with Crippen molar-refractivity contribution in [3.63, 3.8) is 0 Å². The molecule has 2 saturated carbocycles. The highest BCUT2D eigenvalue weighted by Gasteiger charge is 2.50. The first kappa shape index (κ1) is 31.0. The van der Waals surface area contributed by atoms with Crippen LogP contribution in [0.4, 0.5) is 0 Å². The Morgan fingerprint density at radius 1 is 0.911 bits per heavy atom. The van der Waals surface area contributed by atoms with E-state index in [9.17, 15) is 10.2 Å². The van der Waals surface area contributed by atoms with Crippen molar-refractivity contribution in [2.24, 2.45) is 11.8 Å². The van der Waals surface area contributed by atoms with Crippen molar-refractivity contribution in [3.05, 3.63) is 93.6 Å². The minimum Gasteiger partial charge on any atom is -0.507 e. The Hall–Kier alpha value is -2.66. The third kappa shape index (κ3) is 5.77. The van der Waals surface area contributed by atoms with E-state index in [4.69, 9.17) is 9.47 Å².